The summed E-state index contributed by atoms with van der Waals surface area (Å²) in [5, 5.41) is 6.84. The van der Waals surface area contributed by atoms with Crippen LogP contribution < -0.4 is 10.2 Å². The van der Waals surface area contributed by atoms with E-state index in [4.69, 9.17) is 0 Å². The lowest BCUT2D eigenvalue weighted by atomic mass is 10.2. The van der Waals surface area contributed by atoms with Crippen LogP contribution in [0.2, 0.25) is 0 Å². The summed E-state index contributed by atoms with van der Waals surface area (Å²) < 4.78 is 0. The topological polar surface area (TPSA) is 42.2 Å². The number of benzene rings is 1. The fraction of sp³-hybridized carbons (Fsp3) is 0.294. The van der Waals surface area contributed by atoms with Gasteiger partial charge in [-0.15, -0.1) is 11.3 Å². The first-order valence-corrected chi connectivity index (χ1v) is 8.59. The van der Waals surface area contributed by atoms with Crippen molar-refractivity contribution in [3.05, 3.63) is 53.7 Å². The lowest BCUT2D eigenvalue weighted by molar-refractivity contribution is -0.901. The van der Waals surface area contributed by atoms with Crippen LogP contribution in [0.5, 0.6) is 0 Å². The zero-order valence-electron chi connectivity index (χ0n) is 12.3. The number of thiophene rings is 1. The SMILES string of the molecule is c1ccc(C[NH+]2CC[C@@H](Nc3ncnc4sccc34)C2)cc1. The van der Waals surface area contributed by atoms with Crippen molar-refractivity contribution >= 4 is 27.4 Å². The second-order valence-corrected chi connectivity index (χ2v) is 6.75. The van der Waals surface area contributed by atoms with Crippen molar-refractivity contribution in [2.45, 2.75) is 19.0 Å². The highest BCUT2D eigenvalue weighted by atomic mass is 32.1. The van der Waals surface area contributed by atoms with Gasteiger partial charge in [0.05, 0.1) is 24.5 Å². The van der Waals surface area contributed by atoms with Crippen molar-refractivity contribution in [3.63, 3.8) is 0 Å². The van der Waals surface area contributed by atoms with Crippen LogP contribution in [-0.2, 0) is 6.54 Å². The van der Waals surface area contributed by atoms with Crippen molar-refractivity contribution in [1.29, 1.82) is 0 Å². The molecule has 2 atom stereocenters. The zero-order valence-corrected chi connectivity index (χ0v) is 13.1. The minimum atomic E-state index is 0.497. The number of hydrogen-bond donors (Lipinski definition) is 2. The van der Waals surface area contributed by atoms with Crippen LogP contribution in [0.15, 0.2) is 48.1 Å². The third-order valence-electron chi connectivity index (χ3n) is 4.28. The number of quaternary nitrogens is 1. The van der Waals surface area contributed by atoms with Crippen molar-refractivity contribution in [2.24, 2.45) is 0 Å². The van der Waals surface area contributed by atoms with Crippen molar-refractivity contribution in [2.75, 3.05) is 18.4 Å². The van der Waals surface area contributed by atoms with E-state index >= 15 is 0 Å². The molecule has 4 nitrogen and oxygen atoms in total. The Balaban J connectivity index is 1.42. The Kier molecular flexibility index (Phi) is 3.74. The lowest BCUT2D eigenvalue weighted by Gasteiger charge is -2.15. The van der Waals surface area contributed by atoms with Crippen LogP contribution in [-0.4, -0.2) is 29.1 Å². The lowest BCUT2D eigenvalue weighted by Crippen LogP contribution is -3.09. The van der Waals surface area contributed by atoms with Crippen LogP contribution in [0.25, 0.3) is 10.2 Å². The number of hydrogen-bond acceptors (Lipinski definition) is 4. The molecule has 0 spiro atoms. The molecular formula is C17H19N4S+. The van der Waals surface area contributed by atoms with Gasteiger partial charge in [0, 0.05) is 12.0 Å². The smallest absolute Gasteiger partial charge is 0.138 e. The molecule has 1 saturated heterocycles. The average molecular weight is 311 g/mol. The van der Waals surface area contributed by atoms with E-state index in [0.29, 0.717) is 6.04 Å². The fourth-order valence-electron chi connectivity index (χ4n) is 3.20. The standard InChI is InChI=1S/C17H18N4S/c1-2-4-13(5-3-1)10-21-8-6-14(11-21)20-16-15-7-9-22-17(15)19-12-18-16/h1-5,7,9,12,14H,6,8,10-11H2,(H,18,19,20)/p+1/t14-/m1/s1. The maximum absolute atomic E-state index is 4.43. The van der Waals surface area contributed by atoms with Crippen LogP contribution in [0.1, 0.15) is 12.0 Å². The van der Waals surface area contributed by atoms with Gasteiger partial charge in [0.2, 0.25) is 0 Å². The second-order valence-electron chi connectivity index (χ2n) is 5.86. The summed E-state index contributed by atoms with van der Waals surface area (Å²) in [5.74, 6) is 0.984. The molecule has 1 fully saturated rings. The van der Waals surface area contributed by atoms with E-state index < -0.39 is 0 Å². The summed E-state index contributed by atoms with van der Waals surface area (Å²) >= 11 is 1.67. The van der Waals surface area contributed by atoms with Gasteiger partial charge in [0.25, 0.3) is 0 Å². The molecule has 5 heteroatoms. The third-order valence-corrected chi connectivity index (χ3v) is 5.10. The maximum Gasteiger partial charge on any atom is 0.138 e. The summed E-state index contributed by atoms with van der Waals surface area (Å²) in [5.41, 5.74) is 1.42. The van der Waals surface area contributed by atoms with E-state index in [-0.39, 0.29) is 0 Å². The Bertz CT molecular complexity index is 755. The highest BCUT2D eigenvalue weighted by Crippen LogP contribution is 2.24. The third kappa shape index (κ3) is 2.82. The molecule has 1 aromatic carbocycles. The Morgan fingerprint density at radius 1 is 1.18 bits per heavy atom. The monoisotopic (exact) mass is 311 g/mol. The summed E-state index contributed by atoms with van der Waals surface area (Å²) in [6.45, 7) is 3.46. The Morgan fingerprint density at radius 3 is 3.00 bits per heavy atom. The van der Waals surface area contributed by atoms with E-state index in [1.165, 1.54) is 18.5 Å². The number of nitrogens with zero attached hydrogens (tertiary/aromatic N) is 2. The molecule has 112 valence electrons. The van der Waals surface area contributed by atoms with Crippen LogP contribution in [0.4, 0.5) is 5.82 Å². The van der Waals surface area contributed by atoms with Gasteiger partial charge >= 0.3 is 0 Å². The predicted molar refractivity (Wildman–Crippen MR) is 90.3 cm³/mol. The van der Waals surface area contributed by atoms with Gasteiger partial charge < -0.3 is 10.2 Å². The van der Waals surface area contributed by atoms with Gasteiger partial charge in [-0.2, -0.15) is 0 Å². The number of rotatable bonds is 4. The van der Waals surface area contributed by atoms with E-state index in [9.17, 15) is 0 Å². The first-order chi connectivity index (χ1) is 10.9. The van der Waals surface area contributed by atoms with Crippen molar-refractivity contribution in [3.8, 4) is 0 Å². The van der Waals surface area contributed by atoms with Gasteiger partial charge in [-0.3, -0.25) is 0 Å². The molecule has 0 amide bonds. The van der Waals surface area contributed by atoms with Gasteiger partial charge in [0.15, 0.2) is 0 Å². The highest BCUT2D eigenvalue weighted by Gasteiger charge is 2.26. The van der Waals surface area contributed by atoms with Gasteiger partial charge in [-0.1, -0.05) is 30.3 Å². The minimum Gasteiger partial charge on any atom is -0.361 e. The molecule has 0 aliphatic carbocycles. The molecule has 1 aliphatic rings. The molecule has 2 N–H and O–H groups in total. The molecule has 0 bridgehead atoms. The predicted octanol–water partition coefficient (Wildman–Crippen LogP) is 1.96. The molecule has 1 aliphatic heterocycles. The molecule has 1 unspecified atom stereocenters. The average Bonchev–Trinajstić information content (AvgIpc) is 3.18. The molecule has 3 heterocycles. The summed E-state index contributed by atoms with van der Waals surface area (Å²) in [4.78, 5) is 11.4. The second kappa shape index (κ2) is 6.02. The summed E-state index contributed by atoms with van der Waals surface area (Å²) in [6, 6.07) is 13.3. The molecule has 0 radical (unpaired) electrons. The number of aromatic nitrogens is 2. The Morgan fingerprint density at radius 2 is 2.09 bits per heavy atom. The largest absolute Gasteiger partial charge is 0.361 e. The first-order valence-electron chi connectivity index (χ1n) is 7.71. The number of likely N-dealkylation sites (tertiary alicyclic amines) is 1. The van der Waals surface area contributed by atoms with E-state index in [1.807, 2.05) is 0 Å². The molecule has 3 aromatic rings. The van der Waals surface area contributed by atoms with Gasteiger partial charge in [-0.05, 0) is 11.4 Å². The Hall–Kier alpha value is -1.98. The van der Waals surface area contributed by atoms with Gasteiger partial charge in [-0.25, -0.2) is 9.97 Å². The fourth-order valence-corrected chi connectivity index (χ4v) is 3.93. The Labute approximate surface area is 133 Å². The first kappa shape index (κ1) is 13.7. The van der Waals surface area contributed by atoms with Crippen LogP contribution >= 0.6 is 11.3 Å². The molecule has 4 rings (SSSR count). The van der Waals surface area contributed by atoms with Crippen molar-refractivity contribution < 1.29 is 4.90 Å². The van der Waals surface area contributed by atoms with Crippen LogP contribution in [0, 0.1) is 0 Å². The van der Waals surface area contributed by atoms with Crippen LogP contribution in [0.3, 0.4) is 0 Å². The number of fused-ring (bicyclic) bond motifs is 1. The number of anilines is 1. The molecule has 22 heavy (non-hydrogen) atoms. The van der Waals surface area contributed by atoms with E-state index in [1.54, 1.807) is 22.6 Å². The summed E-state index contributed by atoms with van der Waals surface area (Å²) in [7, 11) is 0. The quantitative estimate of drug-likeness (QED) is 0.774. The zero-order chi connectivity index (χ0) is 14.8. The van der Waals surface area contributed by atoms with E-state index in [2.05, 4.69) is 57.1 Å². The molecule has 0 saturated carbocycles. The van der Waals surface area contributed by atoms with Gasteiger partial charge in [0.1, 0.15) is 23.5 Å². The summed E-state index contributed by atoms with van der Waals surface area (Å²) in [6.07, 6.45) is 2.85. The molecule has 2 aromatic heterocycles. The normalized spacial score (nSPS) is 21.3. The van der Waals surface area contributed by atoms with Crippen molar-refractivity contribution in [1.82, 2.24) is 9.97 Å². The van der Waals surface area contributed by atoms with E-state index in [0.717, 1.165) is 29.1 Å². The maximum atomic E-state index is 4.43. The number of nitrogens with one attached hydrogen (secondary N) is 2. The molecular weight excluding hydrogens is 292 g/mol. The minimum absolute atomic E-state index is 0.497. The highest BCUT2D eigenvalue weighted by molar-refractivity contribution is 7.16.